The topological polar surface area (TPSA) is 0 Å². The Labute approximate surface area is 86.2 Å². The molecule has 0 nitrogen and oxygen atoms in total. The zero-order chi connectivity index (χ0) is 9.41. The molecule has 12 heavy (non-hydrogen) atoms. The first kappa shape index (κ1) is 10.7. The summed E-state index contributed by atoms with van der Waals surface area (Å²) in [6.45, 7) is 4.25. The standard InChI is InChI=1S/C9H15F2I/c1-8(2,12)7-3-5-9(10,11)6-4-7/h7H,3-6H2,1-2H3. The maximum absolute atomic E-state index is 12.8. The second-order valence-corrected chi connectivity index (χ2v) is 6.97. The zero-order valence-electron chi connectivity index (χ0n) is 7.54. The Bertz CT molecular complexity index is 150. The van der Waals surface area contributed by atoms with Gasteiger partial charge in [0.15, 0.2) is 0 Å². The lowest BCUT2D eigenvalue weighted by molar-refractivity contribution is -0.0478. The lowest BCUT2D eigenvalue weighted by atomic mass is 9.80. The fourth-order valence-corrected chi connectivity index (χ4v) is 2.35. The molecule has 0 heterocycles. The summed E-state index contributed by atoms with van der Waals surface area (Å²) in [4.78, 5) is 0. The van der Waals surface area contributed by atoms with E-state index in [1.807, 2.05) is 0 Å². The molecule has 0 saturated heterocycles. The van der Waals surface area contributed by atoms with Crippen molar-refractivity contribution in [1.29, 1.82) is 0 Å². The quantitative estimate of drug-likeness (QED) is 0.505. The van der Waals surface area contributed by atoms with Crippen LogP contribution in [0.5, 0.6) is 0 Å². The number of hydrogen-bond donors (Lipinski definition) is 0. The molecule has 0 aromatic heterocycles. The van der Waals surface area contributed by atoms with Crippen molar-refractivity contribution in [1.82, 2.24) is 0 Å². The molecule has 1 saturated carbocycles. The summed E-state index contributed by atoms with van der Waals surface area (Å²) in [5.41, 5.74) is 0. The van der Waals surface area contributed by atoms with Crippen molar-refractivity contribution in [2.24, 2.45) is 5.92 Å². The van der Waals surface area contributed by atoms with E-state index in [2.05, 4.69) is 36.4 Å². The van der Waals surface area contributed by atoms with Gasteiger partial charge in [0.2, 0.25) is 5.92 Å². The third kappa shape index (κ3) is 2.82. The lowest BCUT2D eigenvalue weighted by Crippen LogP contribution is -2.33. The van der Waals surface area contributed by atoms with Crippen molar-refractivity contribution in [2.75, 3.05) is 0 Å². The fraction of sp³-hybridized carbons (Fsp3) is 1.00. The van der Waals surface area contributed by atoms with E-state index < -0.39 is 5.92 Å². The van der Waals surface area contributed by atoms with Gasteiger partial charge >= 0.3 is 0 Å². The molecule has 0 radical (unpaired) electrons. The van der Waals surface area contributed by atoms with Crippen LogP contribution in [0.25, 0.3) is 0 Å². The Morgan fingerprint density at radius 1 is 1.25 bits per heavy atom. The zero-order valence-corrected chi connectivity index (χ0v) is 9.70. The lowest BCUT2D eigenvalue weighted by Gasteiger charge is -2.35. The van der Waals surface area contributed by atoms with Gasteiger partial charge in [-0.2, -0.15) is 0 Å². The first-order valence-corrected chi connectivity index (χ1v) is 5.46. The van der Waals surface area contributed by atoms with Crippen LogP contribution in [0.1, 0.15) is 39.5 Å². The smallest absolute Gasteiger partial charge is 0.207 e. The third-order valence-corrected chi connectivity index (χ3v) is 3.57. The van der Waals surface area contributed by atoms with Crippen LogP contribution in [-0.4, -0.2) is 9.34 Å². The van der Waals surface area contributed by atoms with Crippen LogP contribution in [0.3, 0.4) is 0 Å². The number of hydrogen-bond acceptors (Lipinski definition) is 0. The van der Waals surface area contributed by atoms with Gasteiger partial charge in [-0.15, -0.1) is 0 Å². The number of rotatable bonds is 1. The summed E-state index contributed by atoms with van der Waals surface area (Å²) >= 11 is 2.36. The molecule has 0 aromatic rings. The van der Waals surface area contributed by atoms with E-state index in [4.69, 9.17) is 0 Å². The molecule has 0 unspecified atom stereocenters. The van der Waals surface area contributed by atoms with Crippen LogP contribution in [0.15, 0.2) is 0 Å². The van der Waals surface area contributed by atoms with Crippen LogP contribution in [0, 0.1) is 5.92 Å². The molecule has 1 rings (SSSR count). The average molecular weight is 288 g/mol. The van der Waals surface area contributed by atoms with Gasteiger partial charge in [-0.05, 0) is 18.8 Å². The maximum atomic E-state index is 12.8. The van der Waals surface area contributed by atoms with Gasteiger partial charge in [0.05, 0.1) is 0 Å². The summed E-state index contributed by atoms with van der Waals surface area (Å²) in [5.74, 6) is -1.91. The minimum atomic E-state index is -2.38. The average Bonchev–Trinajstić information content (AvgIpc) is 1.83. The predicted octanol–water partition coefficient (Wildman–Crippen LogP) is 4.03. The second kappa shape index (κ2) is 3.39. The van der Waals surface area contributed by atoms with Crippen molar-refractivity contribution in [3.05, 3.63) is 0 Å². The van der Waals surface area contributed by atoms with Crippen molar-refractivity contribution in [2.45, 2.75) is 48.9 Å². The molecule has 0 spiro atoms. The summed E-state index contributed by atoms with van der Waals surface area (Å²) in [7, 11) is 0. The Morgan fingerprint density at radius 3 is 2.00 bits per heavy atom. The monoisotopic (exact) mass is 288 g/mol. The van der Waals surface area contributed by atoms with E-state index in [-0.39, 0.29) is 16.3 Å². The van der Waals surface area contributed by atoms with Gasteiger partial charge in [0.25, 0.3) is 0 Å². The SMILES string of the molecule is CC(C)(I)C1CCC(F)(F)CC1. The van der Waals surface area contributed by atoms with E-state index in [1.54, 1.807) is 0 Å². The van der Waals surface area contributed by atoms with E-state index in [0.717, 1.165) is 0 Å². The molecule has 0 atom stereocenters. The van der Waals surface area contributed by atoms with Gasteiger partial charge in [0.1, 0.15) is 0 Å². The van der Waals surface area contributed by atoms with Crippen molar-refractivity contribution in [3.63, 3.8) is 0 Å². The molecule has 1 aliphatic carbocycles. The molecular formula is C9H15F2I. The molecule has 3 heteroatoms. The fourth-order valence-electron chi connectivity index (χ4n) is 1.73. The summed E-state index contributed by atoms with van der Waals surface area (Å²) in [5, 5.41) is 0. The predicted molar refractivity (Wildman–Crippen MR) is 55.0 cm³/mol. The molecule has 1 fully saturated rings. The maximum Gasteiger partial charge on any atom is 0.248 e. The van der Waals surface area contributed by atoms with Crippen LogP contribution < -0.4 is 0 Å². The minimum absolute atomic E-state index is 0.0874. The van der Waals surface area contributed by atoms with Gasteiger partial charge in [0, 0.05) is 16.3 Å². The summed E-state index contributed by atoms with van der Waals surface area (Å²) in [6.07, 6.45) is 1.54. The minimum Gasteiger partial charge on any atom is -0.207 e. The first-order chi connectivity index (χ1) is 5.31. The normalized spacial score (nSPS) is 25.8. The van der Waals surface area contributed by atoms with Crippen LogP contribution in [0.4, 0.5) is 8.78 Å². The molecule has 72 valence electrons. The van der Waals surface area contributed by atoms with Gasteiger partial charge in [-0.3, -0.25) is 0 Å². The highest BCUT2D eigenvalue weighted by Crippen LogP contribution is 2.43. The van der Waals surface area contributed by atoms with Crippen LogP contribution in [-0.2, 0) is 0 Å². The number of halogens is 3. The van der Waals surface area contributed by atoms with Crippen molar-refractivity contribution < 1.29 is 8.78 Å². The summed E-state index contributed by atoms with van der Waals surface area (Å²) < 4.78 is 25.7. The van der Waals surface area contributed by atoms with Crippen molar-refractivity contribution in [3.8, 4) is 0 Å². The highest BCUT2D eigenvalue weighted by Gasteiger charge is 2.39. The van der Waals surface area contributed by atoms with Gasteiger partial charge < -0.3 is 0 Å². The third-order valence-electron chi connectivity index (χ3n) is 2.69. The van der Waals surface area contributed by atoms with E-state index >= 15 is 0 Å². The highest BCUT2D eigenvalue weighted by atomic mass is 127. The Balaban J connectivity index is 2.47. The summed E-state index contributed by atoms with van der Waals surface area (Å²) in [6, 6.07) is 0. The molecule has 0 aromatic carbocycles. The second-order valence-electron chi connectivity index (χ2n) is 4.19. The van der Waals surface area contributed by atoms with Gasteiger partial charge in [-0.1, -0.05) is 36.4 Å². The molecule has 0 N–H and O–H groups in total. The molecule has 0 amide bonds. The number of alkyl halides is 3. The Morgan fingerprint density at radius 2 is 1.67 bits per heavy atom. The Kier molecular flexibility index (Phi) is 3.01. The van der Waals surface area contributed by atoms with E-state index in [0.29, 0.717) is 18.8 Å². The largest absolute Gasteiger partial charge is 0.248 e. The molecular weight excluding hydrogens is 273 g/mol. The molecule has 0 aliphatic heterocycles. The molecule has 1 aliphatic rings. The van der Waals surface area contributed by atoms with Crippen LogP contribution >= 0.6 is 22.6 Å². The molecule has 0 bridgehead atoms. The van der Waals surface area contributed by atoms with E-state index in [1.165, 1.54) is 0 Å². The first-order valence-electron chi connectivity index (χ1n) is 4.38. The van der Waals surface area contributed by atoms with E-state index in [9.17, 15) is 8.78 Å². The highest BCUT2D eigenvalue weighted by molar-refractivity contribution is 14.1. The van der Waals surface area contributed by atoms with Crippen molar-refractivity contribution >= 4 is 22.6 Å². The van der Waals surface area contributed by atoms with Gasteiger partial charge in [-0.25, -0.2) is 8.78 Å². The Hall–Kier alpha value is 0.590. The van der Waals surface area contributed by atoms with Crippen LogP contribution in [0.2, 0.25) is 0 Å².